The number of aromatic amines is 1. The summed E-state index contributed by atoms with van der Waals surface area (Å²) in [6.07, 6.45) is 3.36. The van der Waals surface area contributed by atoms with Gasteiger partial charge in [0.25, 0.3) is 0 Å². The maximum absolute atomic E-state index is 11.6. The summed E-state index contributed by atoms with van der Waals surface area (Å²) in [5.41, 5.74) is 3.28. The van der Waals surface area contributed by atoms with Crippen molar-refractivity contribution in [2.45, 2.75) is 6.54 Å². The molecule has 0 spiro atoms. The topological polar surface area (TPSA) is 90.9 Å². The third kappa shape index (κ3) is 3.47. The summed E-state index contributed by atoms with van der Waals surface area (Å²) in [7, 11) is 0. The normalized spacial score (nSPS) is 10.9. The Kier molecular flexibility index (Phi) is 4.48. The Balaban J connectivity index is 0.00000150. The first-order chi connectivity index (χ1) is 13.1. The van der Waals surface area contributed by atoms with E-state index in [9.17, 15) is 9.90 Å². The SMILES string of the molecule is O=C(O)c1ccc(-c2c[nH]c3ncc(Cl)cc23)nc1NCc1ccccc1.[HH].[HH].[HH]. The minimum Gasteiger partial charge on any atom is -0.478 e. The maximum atomic E-state index is 11.6. The number of pyridine rings is 2. The summed E-state index contributed by atoms with van der Waals surface area (Å²) in [5, 5.41) is 14.0. The van der Waals surface area contributed by atoms with Crippen LogP contribution in [0.3, 0.4) is 0 Å². The van der Waals surface area contributed by atoms with Gasteiger partial charge in [0, 0.05) is 34.2 Å². The fourth-order valence-corrected chi connectivity index (χ4v) is 3.05. The molecule has 140 valence electrons. The summed E-state index contributed by atoms with van der Waals surface area (Å²) in [4.78, 5) is 23.5. The number of benzene rings is 1. The predicted octanol–water partition coefficient (Wildman–Crippen LogP) is 5.33. The van der Waals surface area contributed by atoms with Crippen molar-refractivity contribution in [1.29, 1.82) is 0 Å². The number of anilines is 1. The highest BCUT2D eigenvalue weighted by Crippen LogP contribution is 2.30. The fourth-order valence-electron chi connectivity index (χ4n) is 2.89. The van der Waals surface area contributed by atoms with E-state index in [0.29, 0.717) is 28.7 Å². The number of aromatic nitrogens is 3. The molecule has 0 aliphatic heterocycles. The molecule has 3 N–H and O–H groups in total. The second-order valence-electron chi connectivity index (χ2n) is 5.99. The molecule has 0 unspecified atom stereocenters. The van der Waals surface area contributed by atoms with E-state index < -0.39 is 5.97 Å². The summed E-state index contributed by atoms with van der Waals surface area (Å²) < 4.78 is 0. The van der Waals surface area contributed by atoms with Crippen LogP contribution < -0.4 is 5.32 Å². The van der Waals surface area contributed by atoms with Crippen LogP contribution in [0.2, 0.25) is 5.02 Å². The van der Waals surface area contributed by atoms with E-state index in [1.165, 1.54) is 0 Å². The van der Waals surface area contributed by atoms with Crippen LogP contribution >= 0.6 is 11.6 Å². The van der Waals surface area contributed by atoms with Crippen molar-refractivity contribution >= 4 is 34.4 Å². The molecule has 0 bridgehead atoms. The highest BCUT2D eigenvalue weighted by molar-refractivity contribution is 6.31. The number of H-pyrrole nitrogens is 1. The molecule has 0 saturated heterocycles. The first-order valence-electron chi connectivity index (χ1n) is 8.27. The number of carboxylic acid groups (broad SMARTS) is 1. The molecule has 27 heavy (non-hydrogen) atoms. The van der Waals surface area contributed by atoms with Gasteiger partial charge in [-0.1, -0.05) is 41.9 Å². The van der Waals surface area contributed by atoms with E-state index in [0.717, 1.165) is 16.5 Å². The van der Waals surface area contributed by atoms with E-state index in [1.54, 1.807) is 30.6 Å². The first-order valence-corrected chi connectivity index (χ1v) is 8.65. The van der Waals surface area contributed by atoms with Gasteiger partial charge in [0.05, 0.1) is 10.7 Å². The lowest BCUT2D eigenvalue weighted by Gasteiger charge is -2.11. The lowest BCUT2D eigenvalue weighted by molar-refractivity contribution is 0.0697. The van der Waals surface area contributed by atoms with Crippen LogP contribution in [-0.2, 0) is 6.54 Å². The average molecular weight is 385 g/mol. The molecule has 0 aliphatic carbocycles. The van der Waals surface area contributed by atoms with Gasteiger partial charge in [0.1, 0.15) is 17.0 Å². The van der Waals surface area contributed by atoms with Crippen molar-refractivity contribution in [3.63, 3.8) is 0 Å². The Bertz CT molecular complexity index is 1140. The number of hydrogen-bond donors (Lipinski definition) is 3. The first kappa shape index (κ1) is 17.1. The number of rotatable bonds is 5. The van der Waals surface area contributed by atoms with Crippen molar-refractivity contribution in [1.82, 2.24) is 15.0 Å². The van der Waals surface area contributed by atoms with Gasteiger partial charge >= 0.3 is 5.97 Å². The number of carbonyl (C=O) groups is 1. The summed E-state index contributed by atoms with van der Waals surface area (Å²) in [5.74, 6) is -0.721. The second kappa shape index (κ2) is 7.09. The molecule has 3 aromatic heterocycles. The van der Waals surface area contributed by atoms with Gasteiger partial charge < -0.3 is 15.4 Å². The number of nitrogens with zero attached hydrogens (tertiary/aromatic N) is 2. The number of carboxylic acids is 1. The molecule has 0 fully saturated rings. The standard InChI is InChI=1S/C20H15ClN4O2.3H2/c21-13-8-15-16(11-24-18(15)23-10-13)17-7-6-14(20(26)27)19(25-17)22-9-12-4-2-1-3-5-12;;;/h1-8,10-11H,9H2,(H,22,25)(H,23,24)(H,26,27);3*1H. The zero-order chi connectivity index (χ0) is 18.8. The molecule has 0 amide bonds. The number of aromatic carboxylic acids is 1. The minimum atomic E-state index is -1.03. The van der Waals surface area contributed by atoms with Crippen LogP contribution in [-0.4, -0.2) is 26.0 Å². The molecule has 7 heteroatoms. The Morgan fingerprint density at radius 3 is 2.81 bits per heavy atom. The fraction of sp³-hybridized carbons (Fsp3) is 0.0500. The van der Waals surface area contributed by atoms with Gasteiger partial charge in [0.2, 0.25) is 0 Å². The monoisotopic (exact) mass is 384 g/mol. The van der Waals surface area contributed by atoms with Crippen LogP contribution in [0.15, 0.2) is 60.9 Å². The Hall–Kier alpha value is -3.38. The third-order valence-electron chi connectivity index (χ3n) is 4.20. The Morgan fingerprint density at radius 1 is 1.22 bits per heavy atom. The highest BCUT2D eigenvalue weighted by Gasteiger charge is 2.15. The van der Waals surface area contributed by atoms with Crippen molar-refractivity contribution < 1.29 is 14.2 Å². The van der Waals surface area contributed by atoms with Gasteiger partial charge in [-0.05, 0) is 23.8 Å². The summed E-state index contributed by atoms with van der Waals surface area (Å²) >= 11 is 6.06. The van der Waals surface area contributed by atoms with Gasteiger partial charge in [-0.25, -0.2) is 14.8 Å². The quantitative estimate of drug-likeness (QED) is 0.432. The van der Waals surface area contributed by atoms with Crippen molar-refractivity contribution in [2.24, 2.45) is 0 Å². The van der Waals surface area contributed by atoms with Crippen LogP contribution in [0.4, 0.5) is 5.82 Å². The lowest BCUT2D eigenvalue weighted by atomic mass is 10.1. The predicted molar refractivity (Wildman–Crippen MR) is 111 cm³/mol. The van der Waals surface area contributed by atoms with E-state index in [2.05, 4.69) is 20.3 Å². The highest BCUT2D eigenvalue weighted by atomic mass is 35.5. The van der Waals surface area contributed by atoms with Crippen molar-refractivity contribution in [3.05, 3.63) is 77.1 Å². The van der Waals surface area contributed by atoms with E-state index >= 15 is 0 Å². The molecule has 0 aliphatic rings. The van der Waals surface area contributed by atoms with Crippen LogP contribution in [0.5, 0.6) is 0 Å². The molecular formula is C20H21ClN4O2. The Morgan fingerprint density at radius 2 is 2.04 bits per heavy atom. The Labute approximate surface area is 164 Å². The van der Waals surface area contributed by atoms with E-state index in [-0.39, 0.29) is 9.84 Å². The molecule has 4 aromatic rings. The van der Waals surface area contributed by atoms with Gasteiger partial charge in [-0.2, -0.15) is 0 Å². The minimum absolute atomic E-state index is 0. The van der Waals surface area contributed by atoms with Crippen molar-refractivity contribution in [2.75, 3.05) is 5.32 Å². The van der Waals surface area contributed by atoms with Crippen molar-refractivity contribution in [3.8, 4) is 11.3 Å². The van der Waals surface area contributed by atoms with Gasteiger partial charge in [-0.3, -0.25) is 0 Å². The molecule has 6 nitrogen and oxygen atoms in total. The average Bonchev–Trinajstić information content (AvgIpc) is 3.10. The molecule has 1 aromatic carbocycles. The lowest BCUT2D eigenvalue weighted by Crippen LogP contribution is -2.09. The van der Waals surface area contributed by atoms with E-state index in [1.807, 2.05) is 30.3 Å². The molecule has 0 radical (unpaired) electrons. The number of hydrogen-bond acceptors (Lipinski definition) is 4. The number of halogens is 1. The molecule has 0 saturated carbocycles. The maximum Gasteiger partial charge on any atom is 0.339 e. The van der Waals surface area contributed by atoms with Crippen LogP contribution in [0.25, 0.3) is 22.3 Å². The van der Waals surface area contributed by atoms with Crippen LogP contribution in [0, 0.1) is 0 Å². The molecule has 3 heterocycles. The van der Waals surface area contributed by atoms with Gasteiger partial charge in [0.15, 0.2) is 0 Å². The number of nitrogens with one attached hydrogen (secondary N) is 2. The van der Waals surface area contributed by atoms with Crippen LogP contribution in [0.1, 0.15) is 20.2 Å². The second-order valence-corrected chi connectivity index (χ2v) is 6.43. The van der Waals surface area contributed by atoms with E-state index in [4.69, 9.17) is 11.6 Å². The zero-order valence-electron chi connectivity index (χ0n) is 14.1. The third-order valence-corrected chi connectivity index (χ3v) is 4.41. The number of fused-ring (bicyclic) bond motifs is 1. The molecule has 0 atom stereocenters. The summed E-state index contributed by atoms with van der Waals surface area (Å²) in [6.45, 7) is 0.471. The van der Waals surface area contributed by atoms with Gasteiger partial charge in [-0.15, -0.1) is 0 Å². The molecular weight excluding hydrogens is 364 g/mol. The molecule has 4 rings (SSSR count). The zero-order valence-corrected chi connectivity index (χ0v) is 14.9. The largest absolute Gasteiger partial charge is 0.478 e. The smallest absolute Gasteiger partial charge is 0.339 e. The summed E-state index contributed by atoms with van der Waals surface area (Å²) in [6, 6.07) is 14.8.